The molecule has 2 fully saturated rings. The minimum absolute atomic E-state index is 0.119. The molecule has 19 nitrogen and oxygen atoms in total. The number of halogens is 2. The van der Waals surface area contributed by atoms with Crippen molar-refractivity contribution in [1.29, 1.82) is 0 Å². The van der Waals surface area contributed by atoms with Crippen LogP contribution >= 0.6 is 6.72 Å². The molecule has 0 amide bonds. The number of aliphatic hydroxyl groups is 2. The normalized spacial score (nSPS) is 31.3. The molecule has 2 aliphatic heterocycles. The highest BCUT2D eigenvalue weighted by atomic mass is 32.5. The summed E-state index contributed by atoms with van der Waals surface area (Å²) in [5, 5.41) is 27.4. The third kappa shape index (κ3) is 4.60. The van der Waals surface area contributed by atoms with Crippen molar-refractivity contribution in [3.05, 3.63) is 33.4 Å². The summed E-state index contributed by atoms with van der Waals surface area (Å²) in [6.07, 6.45) is -8.60. The number of ether oxygens (including phenoxy) is 2. The van der Waals surface area contributed by atoms with Crippen LogP contribution in [0.25, 0.3) is 22.3 Å². The van der Waals surface area contributed by atoms with Crippen molar-refractivity contribution in [3.8, 4) is 0 Å². The second-order valence-electron chi connectivity index (χ2n) is 9.31. The molecule has 1 unspecified atom stereocenters. The van der Waals surface area contributed by atoms with Crippen molar-refractivity contribution in [2.24, 2.45) is 0 Å². The first kappa shape index (κ1) is 28.8. The van der Waals surface area contributed by atoms with Crippen LogP contribution in [0, 0.1) is 0 Å². The lowest BCUT2D eigenvalue weighted by atomic mass is 10.1. The molecule has 0 spiro atoms. The molecule has 4 aromatic rings. The van der Waals surface area contributed by atoms with Crippen molar-refractivity contribution < 1.29 is 42.4 Å². The van der Waals surface area contributed by atoms with Crippen LogP contribution in [0.15, 0.2) is 22.2 Å². The Hall–Kier alpha value is -3.34. The SMILES string of the molecule is Nc1nc2c(ncn2[C@@]2(OP(O)(=S)OC[C@H]3O[C@@H](n4nnc5c(=O)[nH]cnc54)[C@@H](F)[C@@H]3O)CO[C@H](CO)[C@H]2F)c(=O)[nH]1. The molecule has 226 valence electrons. The Morgan fingerprint density at radius 1 is 1.24 bits per heavy atom. The number of fused-ring (bicyclic) bond motifs is 2. The number of aromatic nitrogens is 9. The van der Waals surface area contributed by atoms with Crippen LogP contribution < -0.4 is 16.9 Å². The Kier molecular flexibility index (Phi) is 7.14. The van der Waals surface area contributed by atoms with Crippen LogP contribution in [-0.4, -0.2) is 110 Å². The van der Waals surface area contributed by atoms with Gasteiger partial charge in [-0.15, -0.1) is 5.10 Å². The number of imidazole rings is 1. The fourth-order valence-corrected chi connectivity index (χ4v) is 6.33. The number of alkyl halides is 2. The monoisotopic (exact) mass is 634 g/mol. The number of hydrogen-bond donors (Lipinski definition) is 6. The molecule has 0 saturated carbocycles. The van der Waals surface area contributed by atoms with E-state index >= 15 is 8.78 Å². The first-order chi connectivity index (χ1) is 20.0. The number of anilines is 1. The average molecular weight is 634 g/mol. The molecule has 6 rings (SSSR count). The molecule has 0 radical (unpaired) electrons. The van der Waals surface area contributed by atoms with E-state index in [-0.39, 0.29) is 28.3 Å². The van der Waals surface area contributed by atoms with Crippen molar-refractivity contribution in [3.63, 3.8) is 0 Å². The Bertz CT molecular complexity index is 1820. The number of hydrogen-bond acceptors (Lipinski definition) is 15. The summed E-state index contributed by atoms with van der Waals surface area (Å²) in [6, 6.07) is 0. The van der Waals surface area contributed by atoms with Crippen molar-refractivity contribution in [1.82, 2.24) is 44.5 Å². The van der Waals surface area contributed by atoms with Gasteiger partial charge in [-0.1, -0.05) is 5.21 Å². The van der Waals surface area contributed by atoms with Crippen LogP contribution in [-0.2, 0) is 36.1 Å². The second kappa shape index (κ2) is 10.4. The third-order valence-electron chi connectivity index (χ3n) is 6.75. The number of nitrogens with one attached hydrogen (secondary N) is 2. The van der Waals surface area contributed by atoms with E-state index in [1.807, 2.05) is 0 Å². The highest BCUT2D eigenvalue weighted by molar-refractivity contribution is 8.07. The molecule has 23 heteroatoms. The molecule has 7 N–H and O–H groups in total. The predicted octanol–water partition coefficient (Wildman–Crippen LogP) is -2.54. The number of rotatable bonds is 8. The lowest BCUT2D eigenvalue weighted by Gasteiger charge is -2.34. The standard InChI is InChI=1S/C19H21F2N10O9PS/c20-8-11(33)7(39-17(8)31-13-10(28-29-31)15(34)24-4-23-13)2-38-41(36,42)40-19(3-37-6(1-32)12(19)21)30-5-25-9-14(30)26-18(22)27-16(9)35/h4-8,11-12,17,32-33H,1-3H2,(H,36,42)(H,23,24,34)(H3,22,26,27,35)/t6-,7-,8+,11-,12-,17-,19-,41?/m1/s1. The van der Waals surface area contributed by atoms with Gasteiger partial charge >= 0.3 is 6.72 Å². The van der Waals surface area contributed by atoms with Gasteiger partial charge in [0.1, 0.15) is 18.3 Å². The summed E-state index contributed by atoms with van der Waals surface area (Å²) < 4.78 is 54.5. The van der Waals surface area contributed by atoms with Crippen LogP contribution in [0.5, 0.6) is 0 Å². The molecule has 42 heavy (non-hydrogen) atoms. The van der Waals surface area contributed by atoms with E-state index in [1.165, 1.54) is 0 Å². The molecular formula is C19H21F2N10O9PS. The first-order valence-corrected chi connectivity index (χ1v) is 14.6. The number of nitrogen functional groups attached to an aromatic ring is 1. The minimum atomic E-state index is -4.52. The lowest BCUT2D eigenvalue weighted by molar-refractivity contribution is -0.0789. The van der Waals surface area contributed by atoms with Crippen molar-refractivity contribution in [2.75, 3.05) is 25.6 Å². The summed E-state index contributed by atoms with van der Waals surface area (Å²) in [5.74, 6) is -0.334. The predicted molar refractivity (Wildman–Crippen MR) is 137 cm³/mol. The van der Waals surface area contributed by atoms with Crippen molar-refractivity contribution >= 4 is 46.8 Å². The van der Waals surface area contributed by atoms with E-state index in [9.17, 15) is 24.7 Å². The first-order valence-electron chi connectivity index (χ1n) is 12.0. The molecule has 6 heterocycles. The average Bonchev–Trinajstić information content (AvgIpc) is 3.70. The number of H-pyrrole nitrogens is 2. The zero-order chi connectivity index (χ0) is 30.0. The maximum absolute atomic E-state index is 15.8. The molecular weight excluding hydrogens is 613 g/mol. The molecule has 8 atom stereocenters. The van der Waals surface area contributed by atoms with Gasteiger partial charge in [-0.3, -0.25) is 23.7 Å². The number of nitrogens with zero attached hydrogens (tertiary/aromatic N) is 7. The Morgan fingerprint density at radius 3 is 2.76 bits per heavy atom. The summed E-state index contributed by atoms with van der Waals surface area (Å²) in [4.78, 5) is 51.5. The third-order valence-corrected chi connectivity index (χ3v) is 8.31. The largest absolute Gasteiger partial charge is 0.394 e. The van der Waals surface area contributed by atoms with E-state index in [0.29, 0.717) is 0 Å². The maximum atomic E-state index is 15.8. The van der Waals surface area contributed by atoms with Gasteiger partial charge in [-0.05, 0) is 11.8 Å². The summed E-state index contributed by atoms with van der Waals surface area (Å²) in [5.41, 5.74) is 1.09. The van der Waals surface area contributed by atoms with E-state index in [1.54, 1.807) is 0 Å². The van der Waals surface area contributed by atoms with Crippen LogP contribution in [0.4, 0.5) is 14.7 Å². The minimum Gasteiger partial charge on any atom is -0.394 e. The smallest absolute Gasteiger partial charge is 0.326 e. The Morgan fingerprint density at radius 2 is 2.02 bits per heavy atom. The topological polar surface area (TPSA) is 264 Å². The van der Waals surface area contributed by atoms with Gasteiger partial charge in [0.2, 0.25) is 11.7 Å². The lowest BCUT2D eigenvalue weighted by Crippen LogP contribution is -2.46. The van der Waals surface area contributed by atoms with Gasteiger partial charge in [-0.2, -0.15) is 9.67 Å². The summed E-state index contributed by atoms with van der Waals surface area (Å²) in [7, 11) is 0. The fourth-order valence-electron chi connectivity index (χ4n) is 4.73. The van der Waals surface area contributed by atoms with Gasteiger partial charge in [0, 0.05) is 0 Å². The van der Waals surface area contributed by atoms with Gasteiger partial charge in [-0.25, -0.2) is 18.7 Å². The maximum Gasteiger partial charge on any atom is 0.326 e. The highest BCUT2D eigenvalue weighted by Gasteiger charge is 2.57. The fraction of sp³-hybridized carbons (Fsp3) is 0.526. The van der Waals surface area contributed by atoms with Gasteiger partial charge in [0.25, 0.3) is 11.1 Å². The zero-order valence-electron chi connectivity index (χ0n) is 20.9. The molecule has 0 aliphatic carbocycles. The Labute approximate surface area is 235 Å². The van der Waals surface area contributed by atoms with E-state index in [0.717, 1.165) is 21.9 Å². The van der Waals surface area contributed by atoms with Crippen LogP contribution in [0.3, 0.4) is 0 Å². The van der Waals surface area contributed by atoms with Gasteiger partial charge in [0.15, 0.2) is 40.9 Å². The second-order valence-corrected chi connectivity index (χ2v) is 12.1. The van der Waals surface area contributed by atoms with Crippen LogP contribution in [0.1, 0.15) is 6.23 Å². The van der Waals surface area contributed by atoms with Crippen LogP contribution in [0.2, 0.25) is 0 Å². The number of aliphatic hydroxyl groups excluding tert-OH is 2. The summed E-state index contributed by atoms with van der Waals surface area (Å²) in [6.45, 7) is -6.70. The molecule has 0 aromatic carbocycles. The Balaban J connectivity index is 1.25. The van der Waals surface area contributed by atoms with Gasteiger partial charge in [0.05, 0.1) is 32.5 Å². The molecule has 2 aliphatic rings. The molecule has 4 aromatic heterocycles. The van der Waals surface area contributed by atoms with E-state index in [2.05, 4.69) is 35.2 Å². The number of nitrogens with two attached hydrogens (primary N) is 1. The van der Waals surface area contributed by atoms with Gasteiger partial charge < -0.3 is 39.8 Å². The highest BCUT2D eigenvalue weighted by Crippen LogP contribution is 2.54. The van der Waals surface area contributed by atoms with Crippen molar-refractivity contribution in [2.45, 2.75) is 42.6 Å². The van der Waals surface area contributed by atoms with E-state index in [4.69, 9.17) is 36.1 Å². The number of aromatic amines is 2. The van der Waals surface area contributed by atoms with E-state index < -0.39 is 80.3 Å². The molecule has 0 bridgehead atoms. The quantitative estimate of drug-likeness (QED) is 0.109. The molecule has 2 saturated heterocycles. The zero-order valence-corrected chi connectivity index (χ0v) is 22.6. The summed E-state index contributed by atoms with van der Waals surface area (Å²) >= 11 is 5.10.